The van der Waals surface area contributed by atoms with Crippen LogP contribution in [0.15, 0.2) is 41.3 Å². The van der Waals surface area contributed by atoms with E-state index in [9.17, 15) is 23.7 Å². The standard InChI is InChI=1S/C14H15NO5S/c1-21(19,20)11-4-2-3-10(7-11)15-8-9-5-6-12(16)14(18)13(9)17/h2-7,15-18H,8H2,1H3. The fourth-order valence-electron chi connectivity index (χ4n) is 1.79. The first-order valence-corrected chi connectivity index (χ1v) is 7.95. The minimum atomic E-state index is -3.29. The topological polar surface area (TPSA) is 107 Å². The van der Waals surface area contributed by atoms with Gasteiger partial charge in [0.2, 0.25) is 5.75 Å². The Morgan fingerprint density at radius 3 is 2.43 bits per heavy atom. The number of phenols is 3. The summed E-state index contributed by atoms with van der Waals surface area (Å²) in [6, 6.07) is 8.98. The quantitative estimate of drug-likeness (QED) is 0.642. The van der Waals surface area contributed by atoms with E-state index in [0.29, 0.717) is 11.3 Å². The van der Waals surface area contributed by atoms with E-state index < -0.39 is 27.1 Å². The summed E-state index contributed by atoms with van der Waals surface area (Å²) in [5.41, 5.74) is 0.931. The van der Waals surface area contributed by atoms with Gasteiger partial charge in [0.15, 0.2) is 21.3 Å². The van der Waals surface area contributed by atoms with Crippen LogP contribution < -0.4 is 5.32 Å². The number of sulfone groups is 1. The van der Waals surface area contributed by atoms with Crippen molar-refractivity contribution in [2.75, 3.05) is 11.6 Å². The Bertz CT molecular complexity index is 771. The molecular weight excluding hydrogens is 294 g/mol. The molecule has 0 unspecified atom stereocenters. The van der Waals surface area contributed by atoms with Gasteiger partial charge in [-0.3, -0.25) is 0 Å². The van der Waals surface area contributed by atoms with Gasteiger partial charge in [0, 0.05) is 24.1 Å². The molecular formula is C14H15NO5S. The molecule has 0 atom stereocenters. The number of rotatable bonds is 4. The Hall–Kier alpha value is -2.41. The first-order valence-electron chi connectivity index (χ1n) is 6.06. The van der Waals surface area contributed by atoms with Gasteiger partial charge in [0.05, 0.1) is 4.90 Å². The van der Waals surface area contributed by atoms with Crippen LogP contribution in [0.5, 0.6) is 17.2 Å². The van der Waals surface area contributed by atoms with Crippen LogP contribution in [-0.2, 0) is 16.4 Å². The molecule has 0 radical (unpaired) electrons. The van der Waals surface area contributed by atoms with Crippen molar-refractivity contribution >= 4 is 15.5 Å². The molecule has 4 N–H and O–H groups in total. The minimum Gasteiger partial charge on any atom is -0.504 e. The highest BCUT2D eigenvalue weighted by Crippen LogP contribution is 2.37. The predicted molar refractivity (Wildman–Crippen MR) is 78.3 cm³/mol. The summed E-state index contributed by atoms with van der Waals surface area (Å²) < 4.78 is 22.9. The van der Waals surface area contributed by atoms with Crippen LogP contribution in [-0.4, -0.2) is 30.0 Å². The van der Waals surface area contributed by atoms with E-state index in [1.54, 1.807) is 12.1 Å². The van der Waals surface area contributed by atoms with Crippen LogP contribution >= 0.6 is 0 Å². The Kier molecular flexibility index (Phi) is 3.95. The van der Waals surface area contributed by atoms with Gasteiger partial charge in [-0.2, -0.15) is 0 Å². The van der Waals surface area contributed by atoms with E-state index in [0.717, 1.165) is 6.26 Å². The molecule has 0 spiro atoms. The number of hydrogen-bond donors (Lipinski definition) is 4. The maximum absolute atomic E-state index is 11.5. The molecule has 2 aromatic rings. The number of aromatic hydroxyl groups is 3. The smallest absolute Gasteiger partial charge is 0.200 e. The first kappa shape index (κ1) is 15.0. The molecule has 112 valence electrons. The van der Waals surface area contributed by atoms with Crippen LogP contribution in [0.4, 0.5) is 5.69 Å². The number of anilines is 1. The molecule has 0 aliphatic carbocycles. The van der Waals surface area contributed by atoms with E-state index in [-0.39, 0.29) is 11.4 Å². The molecule has 0 aromatic heterocycles. The van der Waals surface area contributed by atoms with Crippen LogP contribution in [0.1, 0.15) is 5.56 Å². The maximum Gasteiger partial charge on any atom is 0.200 e. The fourth-order valence-corrected chi connectivity index (χ4v) is 2.45. The summed E-state index contributed by atoms with van der Waals surface area (Å²) >= 11 is 0. The second kappa shape index (κ2) is 5.53. The molecule has 0 aliphatic rings. The summed E-state index contributed by atoms with van der Waals surface area (Å²) in [7, 11) is -3.29. The lowest BCUT2D eigenvalue weighted by molar-refractivity contribution is 0.365. The lowest BCUT2D eigenvalue weighted by Crippen LogP contribution is -2.02. The Labute approximate surface area is 122 Å². The normalized spacial score (nSPS) is 11.3. The van der Waals surface area contributed by atoms with Gasteiger partial charge in [0.25, 0.3) is 0 Å². The number of phenolic OH excluding ortho intramolecular Hbond substituents is 3. The van der Waals surface area contributed by atoms with Crippen molar-refractivity contribution < 1.29 is 23.7 Å². The average Bonchev–Trinajstić information content (AvgIpc) is 2.43. The van der Waals surface area contributed by atoms with Gasteiger partial charge in [-0.15, -0.1) is 0 Å². The summed E-state index contributed by atoms with van der Waals surface area (Å²) in [6.45, 7) is 0.160. The summed E-state index contributed by atoms with van der Waals surface area (Å²) in [6.07, 6.45) is 1.12. The SMILES string of the molecule is CS(=O)(=O)c1cccc(NCc2ccc(O)c(O)c2O)c1. The maximum atomic E-state index is 11.5. The molecule has 6 nitrogen and oxygen atoms in total. The Balaban J connectivity index is 2.20. The summed E-state index contributed by atoms with van der Waals surface area (Å²) in [5, 5.41) is 31.3. The highest BCUT2D eigenvalue weighted by atomic mass is 32.2. The lowest BCUT2D eigenvalue weighted by Gasteiger charge is -2.10. The zero-order valence-corrected chi connectivity index (χ0v) is 12.1. The monoisotopic (exact) mass is 309 g/mol. The second-order valence-electron chi connectivity index (χ2n) is 4.59. The molecule has 0 saturated heterocycles. The largest absolute Gasteiger partial charge is 0.504 e. The van der Waals surface area contributed by atoms with Gasteiger partial charge < -0.3 is 20.6 Å². The van der Waals surface area contributed by atoms with Crippen molar-refractivity contribution in [2.24, 2.45) is 0 Å². The molecule has 2 aromatic carbocycles. The van der Waals surface area contributed by atoms with Crippen molar-refractivity contribution in [1.29, 1.82) is 0 Å². The molecule has 7 heteroatoms. The van der Waals surface area contributed by atoms with E-state index >= 15 is 0 Å². The Morgan fingerprint density at radius 1 is 1.05 bits per heavy atom. The van der Waals surface area contributed by atoms with Crippen LogP contribution in [0.25, 0.3) is 0 Å². The highest BCUT2D eigenvalue weighted by molar-refractivity contribution is 7.90. The van der Waals surface area contributed by atoms with Crippen molar-refractivity contribution in [3.05, 3.63) is 42.0 Å². The molecule has 0 amide bonds. The Morgan fingerprint density at radius 2 is 1.76 bits per heavy atom. The summed E-state index contributed by atoms with van der Waals surface area (Å²) in [5.74, 6) is -1.41. The van der Waals surface area contributed by atoms with E-state index in [1.807, 2.05) is 0 Å². The number of hydrogen-bond acceptors (Lipinski definition) is 6. The van der Waals surface area contributed by atoms with Crippen molar-refractivity contribution in [2.45, 2.75) is 11.4 Å². The van der Waals surface area contributed by atoms with Gasteiger partial charge in [-0.25, -0.2) is 8.42 Å². The lowest BCUT2D eigenvalue weighted by atomic mass is 10.1. The molecule has 0 aliphatic heterocycles. The van der Waals surface area contributed by atoms with Crippen LogP contribution in [0.3, 0.4) is 0 Å². The molecule has 0 bridgehead atoms. The molecule has 0 heterocycles. The average molecular weight is 309 g/mol. The van der Waals surface area contributed by atoms with Crippen LogP contribution in [0, 0.1) is 0 Å². The third-order valence-electron chi connectivity index (χ3n) is 2.96. The third-order valence-corrected chi connectivity index (χ3v) is 4.07. The molecule has 0 fully saturated rings. The second-order valence-corrected chi connectivity index (χ2v) is 6.61. The number of nitrogens with one attached hydrogen (secondary N) is 1. The summed E-state index contributed by atoms with van der Waals surface area (Å²) in [4.78, 5) is 0.185. The van der Waals surface area contributed by atoms with Crippen molar-refractivity contribution in [3.8, 4) is 17.2 Å². The van der Waals surface area contributed by atoms with Crippen molar-refractivity contribution in [3.63, 3.8) is 0 Å². The third kappa shape index (κ3) is 3.38. The molecule has 0 saturated carbocycles. The zero-order valence-electron chi connectivity index (χ0n) is 11.2. The van der Waals surface area contributed by atoms with E-state index in [2.05, 4.69) is 5.32 Å². The zero-order chi connectivity index (χ0) is 15.6. The van der Waals surface area contributed by atoms with Crippen molar-refractivity contribution in [1.82, 2.24) is 0 Å². The molecule has 21 heavy (non-hydrogen) atoms. The fraction of sp³-hybridized carbons (Fsp3) is 0.143. The van der Waals surface area contributed by atoms with E-state index in [1.165, 1.54) is 24.3 Å². The predicted octanol–water partition coefficient (Wildman–Crippen LogP) is 1.82. The van der Waals surface area contributed by atoms with Gasteiger partial charge in [0.1, 0.15) is 0 Å². The number of benzene rings is 2. The first-order chi connectivity index (χ1) is 9.79. The highest BCUT2D eigenvalue weighted by Gasteiger charge is 2.11. The van der Waals surface area contributed by atoms with Gasteiger partial charge in [-0.05, 0) is 30.3 Å². The van der Waals surface area contributed by atoms with E-state index in [4.69, 9.17) is 0 Å². The minimum absolute atomic E-state index is 0.160. The molecule has 2 rings (SSSR count). The van der Waals surface area contributed by atoms with Crippen LogP contribution in [0.2, 0.25) is 0 Å². The van der Waals surface area contributed by atoms with Gasteiger partial charge >= 0.3 is 0 Å². The van der Waals surface area contributed by atoms with Gasteiger partial charge in [-0.1, -0.05) is 6.07 Å².